The Hall–Kier alpha value is -1.95. The number of carbonyl (C=O) groups excluding carboxylic acids is 2. The number of aromatic nitrogens is 1. The monoisotopic (exact) mass is 279 g/mol. The molecule has 0 bridgehead atoms. The summed E-state index contributed by atoms with van der Waals surface area (Å²) >= 11 is 1.36. The van der Waals surface area contributed by atoms with Crippen molar-refractivity contribution in [3.63, 3.8) is 0 Å². The van der Waals surface area contributed by atoms with E-state index in [1.807, 2.05) is 0 Å². The molecule has 6 heteroatoms. The molecular weight excluding hydrogens is 266 g/mol. The van der Waals surface area contributed by atoms with Crippen LogP contribution in [0.3, 0.4) is 0 Å². The average molecular weight is 279 g/mol. The Morgan fingerprint density at radius 1 is 1.42 bits per heavy atom. The number of ketones is 1. The lowest BCUT2D eigenvalue weighted by Gasteiger charge is -1.96. The molecule has 0 amide bonds. The summed E-state index contributed by atoms with van der Waals surface area (Å²) in [6.45, 7) is 3.52. The number of thiazole rings is 1. The van der Waals surface area contributed by atoms with E-state index in [9.17, 15) is 9.59 Å². The van der Waals surface area contributed by atoms with Crippen LogP contribution in [0.4, 0.5) is 0 Å². The van der Waals surface area contributed by atoms with Crippen LogP contribution >= 0.6 is 11.3 Å². The SMILES string of the molecule is CCOC(=O)c1csc(Cc2ccc(C(C)=O)o2)n1. The molecule has 0 fully saturated rings. The van der Waals surface area contributed by atoms with Crippen molar-refractivity contribution >= 4 is 23.1 Å². The van der Waals surface area contributed by atoms with E-state index in [0.717, 1.165) is 5.01 Å². The number of hydrogen-bond donors (Lipinski definition) is 0. The largest absolute Gasteiger partial charge is 0.461 e. The van der Waals surface area contributed by atoms with Gasteiger partial charge >= 0.3 is 5.97 Å². The van der Waals surface area contributed by atoms with Crippen LogP contribution in [-0.2, 0) is 11.2 Å². The van der Waals surface area contributed by atoms with E-state index in [-0.39, 0.29) is 5.78 Å². The Morgan fingerprint density at radius 2 is 2.21 bits per heavy atom. The standard InChI is InChI=1S/C13H13NO4S/c1-3-17-13(16)10-7-19-12(14-10)6-9-4-5-11(18-9)8(2)15/h4-5,7H,3,6H2,1-2H3. The van der Waals surface area contributed by atoms with Crippen molar-refractivity contribution in [2.24, 2.45) is 0 Å². The van der Waals surface area contributed by atoms with Crippen LogP contribution in [0.1, 0.15) is 45.7 Å². The first kappa shape index (κ1) is 13.5. The molecule has 0 aliphatic carbocycles. The zero-order valence-electron chi connectivity index (χ0n) is 10.6. The molecular formula is C13H13NO4S. The number of Topliss-reactive ketones (excluding diaryl/α,β-unsaturated/α-hetero) is 1. The highest BCUT2D eigenvalue weighted by Crippen LogP contribution is 2.17. The molecule has 100 valence electrons. The van der Waals surface area contributed by atoms with E-state index < -0.39 is 5.97 Å². The molecule has 0 aliphatic rings. The van der Waals surface area contributed by atoms with Crippen LogP contribution in [0.25, 0.3) is 0 Å². The fraction of sp³-hybridized carbons (Fsp3) is 0.308. The highest BCUT2D eigenvalue weighted by molar-refractivity contribution is 7.09. The van der Waals surface area contributed by atoms with Gasteiger partial charge < -0.3 is 9.15 Å². The molecule has 2 heterocycles. The van der Waals surface area contributed by atoms with Gasteiger partial charge in [-0.1, -0.05) is 0 Å². The second-order valence-corrected chi connectivity index (χ2v) is 4.79. The van der Waals surface area contributed by atoms with Crippen molar-refractivity contribution < 1.29 is 18.7 Å². The van der Waals surface area contributed by atoms with Crippen LogP contribution in [0, 0.1) is 0 Å². The summed E-state index contributed by atoms with van der Waals surface area (Å²) < 4.78 is 10.2. The number of furan rings is 1. The van der Waals surface area contributed by atoms with E-state index in [2.05, 4.69) is 4.98 Å². The minimum absolute atomic E-state index is 0.113. The molecule has 0 radical (unpaired) electrons. The van der Waals surface area contributed by atoms with Gasteiger partial charge in [0.1, 0.15) is 10.8 Å². The first-order chi connectivity index (χ1) is 9.10. The Morgan fingerprint density at radius 3 is 2.84 bits per heavy atom. The van der Waals surface area contributed by atoms with Crippen LogP contribution < -0.4 is 0 Å². The molecule has 2 aromatic heterocycles. The lowest BCUT2D eigenvalue weighted by atomic mass is 10.3. The van der Waals surface area contributed by atoms with Gasteiger partial charge in [0.2, 0.25) is 0 Å². The third-order valence-corrected chi connectivity index (χ3v) is 3.22. The minimum Gasteiger partial charge on any atom is -0.461 e. The Kier molecular flexibility index (Phi) is 4.11. The highest BCUT2D eigenvalue weighted by atomic mass is 32.1. The predicted molar refractivity (Wildman–Crippen MR) is 69.6 cm³/mol. The lowest BCUT2D eigenvalue weighted by Crippen LogP contribution is -2.05. The van der Waals surface area contributed by atoms with Crippen molar-refractivity contribution in [2.45, 2.75) is 20.3 Å². The third kappa shape index (κ3) is 3.29. The second-order valence-electron chi connectivity index (χ2n) is 3.85. The van der Waals surface area contributed by atoms with Gasteiger partial charge in [-0.05, 0) is 19.1 Å². The van der Waals surface area contributed by atoms with Gasteiger partial charge in [-0.3, -0.25) is 4.79 Å². The fourth-order valence-electron chi connectivity index (χ4n) is 1.50. The lowest BCUT2D eigenvalue weighted by molar-refractivity contribution is 0.0520. The predicted octanol–water partition coefficient (Wildman–Crippen LogP) is 2.71. The second kappa shape index (κ2) is 5.79. The Balaban J connectivity index is 2.06. The Labute approximate surface area is 114 Å². The molecule has 0 saturated heterocycles. The number of nitrogens with zero attached hydrogens (tertiary/aromatic N) is 1. The van der Waals surface area contributed by atoms with Crippen molar-refractivity contribution in [2.75, 3.05) is 6.61 Å². The number of rotatable bonds is 5. The molecule has 0 atom stereocenters. The maximum atomic E-state index is 11.5. The first-order valence-electron chi connectivity index (χ1n) is 5.81. The summed E-state index contributed by atoms with van der Waals surface area (Å²) in [5.74, 6) is 0.443. The van der Waals surface area contributed by atoms with Gasteiger partial charge in [0.05, 0.1) is 13.0 Å². The van der Waals surface area contributed by atoms with Crippen LogP contribution in [0.5, 0.6) is 0 Å². The summed E-state index contributed by atoms with van der Waals surface area (Å²) in [6.07, 6.45) is 0.456. The van der Waals surface area contributed by atoms with Gasteiger partial charge in [-0.25, -0.2) is 9.78 Å². The molecule has 0 aliphatic heterocycles. The molecule has 2 rings (SSSR count). The Bertz CT molecular complexity index is 599. The molecule has 2 aromatic rings. The van der Waals surface area contributed by atoms with Gasteiger partial charge in [-0.2, -0.15) is 0 Å². The topological polar surface area (TPSA) is 69.4 Å². The summed E-state index contributed by atoms with van der Waals surface area (Å²) in [5, 5.41) is 2.40. The van der Waals surface area contributed by atoms with Crippen molar-refractivity contribution in [3.8, 4) is 0 Å². The summed E-state index contributed by atoms with van der Waals surface area (Å²) in [7, 11) is 0. The summed E-state index contributed by atoms with van der Waals surface area (Å²) in [5.41, 5.74) is 0.306. The zero-order chi connectivity index (χ0) is 13.8. The van der Waals surface area contributed by atoms with E-state index in [4.69, 9.17) is 9.15 Å². The molecule has 0 aromatic carbocycles. The van der Waals surface area contributed by atoms with Crippen LogP contribution in [0.2, 0.25) is 0 Å². The van der Waals surface area contributed by atoms with E-state index >= 15 is 0 Å². The molecule has 19 heavy (non-hydrogen) atoms. The smallest absolute Gasteiger partial charge is 0.357 e. The fourth-order valence-corrected chi connectivity index (χ4v) is 2.28. The van der Waals surface area contributed by atoms with Crippen LogP contribution in [0.15, 0.2) is 21.9 Å². The van der Waals surface area contributed by atoms with Gasteiger partial charge in [0, 0.05) is 12.3 Å². The normalized spacial score (nSPS) is 10.4. The quantitative estimate of drug-likeness (QED) is 0.621. The minimum atomic E-state index is -0.422. The van der Waals surface area contributed by atoms with Gasteiger partial charge in [0.25, 0.3) is 0 Å². The molecule has 0 saturated carbocycles. The molecule has 0 spiro atoms. The van der Waals surface area contributed by atoms with Crippen LogP contribution in [-0.4, -0.2) is 23.3 Å². The van der Waals surface area contributed by atoms with Gasteiger partial charge in [-0.15, -0.1) is 11.3 Å². The average Bonchev–Trinajstić information content (AvgIpc) is 2.99. The summed E-state index contributed by atoms with van der Waals surface area (Å²) in [6, 6.07) is 3.37. The number of esters is 1. The molecule has 0 N–H and O–H groups in total. The number of hydrogen-bond acceptors (Lipinski definition) is 6. The number of ether oxygens (including phenoxy) is 1. The highest BCUT2D eigenvalue weighted by Gasteiger charge is 2.13. The van der Waals surface area contributed by atoms with E-state index in [1.165, 1.54) is 18.3 Å². The maximum Gasteiger partial charge on any atom is 0.357 e. The van der Waals surface area contributed by atoms with E-state index in [0.29, 0.717) is 30.2 Å². The first-order valence-corrected chi connectivity index (χ1v) is 6.69. The maximum absolute atomic E-state index is 11.5. The molecule has 5 nitrogen and oxygen atoms in total. The van der Waals surface area contributed by atoms with Gasteiger partial charge in [0.15, 0.2) is 17.2 Å². The van der Waals surface area contributed by atoms with Crippen molar-refractivity contribution in [3.05, 3.63) is 39.7 Å². The van der Waals surface area contributed by atoms with E-state index in [1.54, 1.807) is 24.4 Å². The van der Waals surface area contributed by atoms with Crippen molar-refractivity contribution in [1.29, 1.82) is 0 Å². The van der Waals surface area contributed by atoms with Crippen molar-refractivity contribution in [1.82, 2.24) is 4.98 Å². The summed E-state index contributed by atoms with van der Waals surface area (Å²) in [4.78, 5) is 26.7. The number of carbonyl (C=O) groups is 2. The zero-order valence-corrected chi connectivity index (χ0v) is 11.5. The molecule has 0 unspecified atom stereocenters. The third-order valence-electron chi connectivity index (χ3n) is 2.37.